The van der Waals surface area contributed by atoms with Crippen LogP contribution in [0.15, 0.2) is 18.3 Å². The van der Waals surface area contributed by atoms with Crippen molar-refractivity contribution in [3.63, 3.8) is 0 Å². The predicted octanol–water partition coefficient (Wildman–Crippen LogP) is 0.712. The summed E-state index contributed by atoms with van der Waals surface area (Å²) in [7, 11) is 0. The van der Waals surface area contributed by atoms with Gasteiger partial charge in [0.15, 0.2) is 0 Å². The van der Waals surface area contributed by atoms with Gasteiger partial charge >= 0.3 is 5.97 Å². The molecule has 1 fully saturated rings. The van der Waals surface area contributed by atoms with Gasteiger partial charge in [0.25, 0.3) is 0 Å². The standard InChI is InChI=1S/C13H17N3O3/c1-2-19-13(18)10-4-3-7-16(10)11-6-5-9(8-15-11)12(14)17/h5-6,8,10H,2-4,7H2,1H3,(H2,14,17). The van der Waals surface area contributed by atoms with Crippen LogP contribution in [0.5, 0.6) is 0 Å². The fourth-order valence-corrected chi connectivity index (χ4v) is 2.23. The zero-order valence-electron chi connectivity index (χ0n) is 10.8. The van der Waals surface area contributed by atoms with Crippen LogP contribution >= 0.6 is 0 Å². The average Bonchev–Trinajstić information content (AvgIpc) is 2.88. The summed E-state index contributed by atoms with van der Waals surface area (Å²) in [6, 6.07) is 3.04. The number of nitrogens with two attached hydrogens (primary N) is 1. The highest BCUT2D eigenvalue weighted by atomic mass is 16.5. The molecule has 19 heavy (non-hydrogen) atoms. The lowest BCUT2D eigenvalue weighted by molar-refractivity contribution is -0.144. The topological polar surface area (TPSA) is 85.5 Å². The first-order valence-corrected chi connectivity index (χ1v) is 6.32. The van der Waals surface area contributed by atoms with E-state index in [-0.39, 0.29) is 12.0 Å². The molecular formula is C13H17N3O3. The minimum atomic E-state index is -0.512. The van der Waals surface area contributed by atoms with Crippen LogP contribution in [0.25, 0.3) is 0 Å². The van der Waals surface area contributed by atoms with Gasteiger partial charge in [0.2, 0.25) is 5.91 Å². The second-order valence-electron chi connectivity index (χ2n) is 4.37. The summed E-state index contributed by atoms with van der Waals surface area (Å²) in [6.07, 6.45) is 3.11. The smallest absolute Gasteiger partial charge is 0.328 e. The first-order valence-electron chi connectivity index (χ1n) is 6.32. The molecule has 1 aliphatic heterocycles. The summed E-state index contributed by atoms with van der Waals surface area (Å²) in [4.78, 5) is 28.9. The highest BCUT2D eigenvalue weighted by Crippen LogP contribution is 2.24. The molecule has 1 atom stereocenters. The van der Waals surface area contributed by atoms with Crippen LogP contribution in [0.1, 0.15) is 30.1 Å². The number of primary amides is 1. The van der Waals surface area contributed by atoms with Crippen molar-refractivity contribution in [2.24, 2.45) is 5.73 Å². The van der Waals surface area contributed by atoms with Crippen molar-refractivity contribution in [2.45, 2.75) is 25.8 Å². The van der Waals surface area contributed by atoms with E-state index in [1.165, 1.54) is 6.20 Å². The molecule has 2 heterocycles. The van der Waals surface area contributed by atoms with Gasteiger partial charge in [-0.2, -0.15) is 0 Å². The number of hydrogen-bond donors (Lipinski definition) is 1. The number of carbonyl (C=O) groups excluding carboxylic acids is 2. The van der Waals surface area contributed by atoms with Crippen LogP contribution in [-0.4, -0.2) is 36.1 Å². The van der Waals surface area contributed by atoms with E-state index in [2.05, 4.69) is 4.98 Å². The molecule has 0 aromatic carbocycles. The van der Waals surface area contributed by atoms with E-state index in [1.807, 2.05) is 4.90 Å². The zero-order valence-corrected chi connectivity index (χ0v) is 10.8. The Morgan fingerprint density at radius 3 is 2.89 bits per heavy atom. The molecule has 1 aromatic heterocycles. The Labute approximate surface area is 111 Å². The zero-order chi connectivity index (χ0) is 13.8. The number of nitrogens with zero attached hydrogens (tertiary/aromatic N) is 2. The van der Waals surface area contributed by atoms with Crippen LogP contribution in [-0.2, 0) is 9.53 Å². The molecular weight excluding hydrogens is 246 g/mol. The van der Waals surface area contributed by atoms with Gasteiger partial charge in [0, 0.05) is 12.7 Å². The third-order valence-electron chi connectivity index (χ3n) is 3.14. The summed E-state index contributed by atoms with van der Waals surface area (Å²) in [5.74, 6) is -0.0660. The van der Waals surface area contributed by atoms with E-state index in [0.717, 1.165) is 19.4 Å². The Kier molecular flexibility index (Phi) is 3.99. The third kappa shape index (κ3) is 2.83. The summed E-state index contributed by atoms with van der Waals surface area (Å²) >= 11 is 0. The van der Waals surface area contributed by atoms with E-state index in [9.17, 15) is 9.59 Å². The SMILES string of the molecule is CCOC(=O)C1CCCN1c1ccc(C(N)=O)cn1. The van der Waals surface area contributed by atoms with E-state index in [4.69, 9.17) is 10.5 Å². The molecule has 1 unspecified atom stereocenters. The molecule has 102 valence electrons. The number of rotatable bonds is 4. The summed E-state index contributed by atoms with van der Waals surface area (Å²) in [6.45, 7) is 2.92. The molecule has 0 saturated carbocycles. The first-order chi connectivity index (χ1) is 9.13. The van der Waals surface area contributed by atoms with Crippen LogP contribution in [0, 0.1) is 0 Å². The second kappa shape index (κ2) is 5.69. The monoisotopic (exact) mass is 263 g/mol. The van der Waals surface area contributed by atoms with Crippen LogP contribution in [0.2, 0.25) is 0 Å². The lowest BCUT2D eigenvalue weighted by Gasteiger charge is -2.24. The molecule has 1 aromatic rings. The molecule has 6 nitrogen and oxygen atoms in total. The van der Waals surface area contributed by atoms with Crippen molar-refractivity contribution in [3.8, 4) is 0 Å². The molecule has 1 saturated heterocycles. The number of ether oxygens (including phenoxy) is 1. The number of aromatic nitrogens is 1. The van der Waals surface area contributed by atoms with E-state index >= 15 is 0 Å². The Morgan fingerprint density at radius 1 is 1.53 bits per heavy atom. The molecule has 0 radical (unpaired) electrons. The van der Waals surface area contributed by atoms with Crippen molar-refractivity contribution < 1.29 is 14.3 Å². The number of anilines is 1. The quantitative estimate of drug-likeness (QED) is 0.809. The van der Waals surface area contributed by atoms with Gasteiger partial charge in [0.05, 0.1) is 12.2 Å². The molecule has 1 aliphatic rings. The van der Waals surface area contributed by atoms with Crippen LogP contribution in [0.4, 0.5) is 5.82 Å². The van der Waals surface area contributed by atoms with E-state index in [1.54, 1.807) is 19.1 Å². The lowest BCUT2D eigenvalue weighted by Crippen LogP contribution is -2.37. The number of amides is 1. The second-order valence-corrected chi connectivity index (χ2v) is 4.37. The number of esters is 1. The van der Waals surface area contributed by atoms with Crippen molar-refractivity contribution >= 4 is 17.7 Å². The fraction of sp³-hybridized carbons (Fsp3) is 0.462. The van der Waals surface area contributed by atoms with Gasteiger partial charge in [-0.1, -0.05) is 0 Å². The highest BCUT2D eigenvalue weighted by Gasteiger charge is 2.32. The summed E-state index contributed by atoms with van der Waals surface area (Å²) in [5, 5.41) is 0. The van der Waals surface area contributed by atoms with Crippen LogP contribution < -0.4 is 10.6 Å². The van der Waals surface area contributed by atoms with Gasteiger partial charge in [-0.25, -0.2) is 9.78 Å². The predicted molar refractivity (Wildman–Crippen MR) is 69.8 cm³/mol. The van der Waals surface area contributed by atoms with Crippen molar-refractivity contribution in [1.82, 2.24) is 4.98 Å². The number of carbonyl (C=O) groups is 2. The minimum absolute atomic E-state index is 0.222. The fourth-order valence-electron chi connectivity index (χ4n) is 2.23. The van der Waals surface area contributed by atoms with Gasteiger partial charge in [-0.3, -0.25) is 4.79 Å². The largest absolute Gasteiger partial charge is 0.464 e. The molecule has 2 N–H and O–H groups in total. The maximum atomic E-state index is 11.8. The molecule has 1 amide bonds. The van der Waals surface area contributed by atoms with E-state index in [0.29, 0.717) is 18.0 Å². The molecule has 0 bridgehead atoms. The maximum absolute atomic E-state index is 11.8. The summed E-state index contributed by atoms with van der Waals surface area (Å²) < 4.78 is 5.06. The van der Waals surface area contributed by atoms with Gasteiger partial charge in [-0.05, 0) is 31.9 Å². The Morgan fingerprint density at radius 2 is 2.32 bits per heavy atom. The average molecular weight is 263 g/mol. The van der Waals surface area contributed by atoms with Crippen molar-refractivity contribution in [2.75, 3.05) is 18.1 Å². The van der Waals surface area contributed by atoms with Gasteiger partial charge < -0.3 is 15.4 Å². The van der Waals surface area contributed by atoms with Gasteiger partial charge in [-0.15, -0.1) is 0 Å². The molecule has 0 spiro atoms. The molecule has 6 heteroatoms. The van der Waals surface area contributed by atoms with E-state index < -0.39 is 5.91 Å². The molecule has 2 rings (SSSR count). The normalized spacial score (nSPS) is 18.4. The maximum Gasteiger partial charge on any atom is 0.328 e. The summed E-state index contributed by atoms with van der Waals surface area (Å²) in [5.41, 5.74) is 5.52. The Balaban J connectivity index is 2.15. The Bertz CT molecular complexity index is 473. The van der Waals surface area contributed by atoms with Crippen LogP contribution in [0.3, 0.4) is 0 Å². The van der Waals surface area contributed by atoms with Gasteiger partial charge in [0.1, 0.15) is 11.9 Å². The number of pyridine rings is 1. The Hall–Kier alpha value is -2.11. The lowest BCUT2D eigenvalue weighted by atomic mass is 10.2. The number of hydrogen-bond acceptors (Lipinski definition) is 5. The molecule has 0 aliphatic carbocycles. The van der Waals surface area contributed by atoms with Crippen molar-refractivity contribution in [1.29, 1.82) is 0 Å². The first kappa shape index (κ1) is 13.3. The third-order valence-corrected chi connectivity index (χ3v) is 3.14. The minimum Gasteiger partial charge on any atom is -0.464 e. The van der Waals surface area contributed by atoms with Crippen molar-refractivity contribution in [3.05, 3.63) is 23.9 Å². The highest BCUT2D eigenvalue weighted by molar-refractivity contribution is 5.92.